The minimum Gasteiger partial charge on any atom is -0.462 e. The van der Waals surface area contributed by atoms with Gasteiger partial charge in [-0.3, -0.25) is 9.59 Å². The Morgan fingerprint density at radius 2 is 0.976 bits per heavy atom. The van der Waals surface area contributed by atoms with Gasteiger partial charge in [-0.2, -0.15) is 0 Å². The van der Waals surface area contributed by atoms with Crippen molar-refractivity contribution in [3.8, 4) is 0 Å². The van der Waals surface area contributed by atoms with Gasteiger partial charge in [0.1, 0.15) is 12.7 Å². The molecule has 2 unspecified atom stereocenters. The molecule has 0 aliphatic rings. The molecule has 0 spiro atoms. The summed E-state index contributed by atoms with van der Waals surface area (Å²) in [6.07, 6.45) is 28.4. The second-order valence-electron chi connectivity index (χ2n) is 12.7. The van der Waals surface area contributed by atoms with Crippen molar-refractivity contribution in [2.45, 2.75) is 187 Å². The van der Waals surface area contributed by atoms with Gasteiger partial charge in [-0.15, -0.1) is 0 Å². The summed E-state index contributed by atoms with van der Waals surface area (Å²) in [6, 6.07) is 0. The normalized spacial score (nSPS) is 12.9. The quantitative estimate of drug-likeness (QED) is 0.0602. The zero-order valence-corrected chi connectivity index (χ0v) is 28.3. The van der Waals surface area contributed by atoms with Crippen LogP contribution in [-0.4, -0.2) is 50.2 Å². The lowest BCUT2D eigenvalue weighted by atomic mass is 9.90. The van der Waals surface area contributed by atoms with Crippen molar-refractivity contribution in [1.82, 2.24) is 4.90 Å². The van der Waals surface area contributed by atoms with Gasteiger partial charge in [0, 0.05) is 12.8 Å². The van der Waals surface area contributed by atoms with Gasteiger partial charge in [0.2, 0.25) is 0 Å². The van der Waals surface area contributed by atoms with Crippen LogP contribution in [0.3, 0.4) is 0 Å². The van der Waals surface area contributed by atoms with Crippen LogP contribution < -0.4 is 0 Å². The van der Waals surface area contributed by atoms with Gasteiger partial charge < -0.3 is 14.4 Å². The monoisotopic (exact) mass is 582 g/mol. The fraction of sp³-hybridized carbons (Fsp3) is 0.944. The Morgan fingerprint density at radius 3 is 1.51 bits per heavy atom. The van der Waals surface area contributed by atoms with E-state index in [1.54, 1.807) is 0 Å². The Bertz CT molecular complexity index is 580. The third-order valence-corrected chi connectivity index (χ3v) is 8.29. The Kier molecular flexibility index (Phi) is 29.5. The summed E-state index contributed by atoms with van der Waals surface area (Å²) in [5.41, 5.74) is 0. The van der Waals surface area contributed by atoms with E-state index in [9.17, 15) is 9.59 Å². The first-order valence-corrected chi connectivity index (χ1v) is 17.9. The fourth-order valence-corrected chi connectivity index (χ4v) is 5.54. The predicted molar refractivity (Wildman–Crippen MR) is 175 cm³/mol. The van der Waals surface area contributed by atoms with E-state index in [1.807, 2.05) is 0 Å². The molecular weight excluding hydrogens is 510 g/mol. The van der Waals surface area contributed by atoms with E-state index in [0.29, 0.717) is 12.8 Å². The topological polar surface area (TPSA) is 55.8 Å². The summed E-state index contributed by atoms with van der Waals surface area (Å²) < 4.78 is 11.7. The molecule has 244 valence electrons. The Labute approximate surface area is 256 Å². The van der Waals surface area contributed by atoms with Crippen molar-refractivity contribution >= 4 is 11.9 Å². The molecule has 0 aliphatic heterocycles. The molecule has 0 N–H and O–H groups in total. The molecule has 2 atom stereocenters. The predicted octanol–water partition coefficient (Wildman–Crippen LogP) is 10.4. The minimum absolute atomic E-state index is 0.140. The van der Waals surface area contributed by atoms with Crippen LogP contribution in [-0.2, 0) is 19.1 Å². The molecule has 0 bridgehead atoms. The number of hydrogen-bond acceptors (Lipinski definition) is 5. The Morgan fingerprint density at radius 1 is 0.537 bits per heavy atom. The van der Waals surface area contributed by atoms with Crippen LogP contribution in [0.1, 0.15) is 181 Å². The van der Waals surface area contributed by atoms with E-state index in [-0.39, 0.29) is 30.6 Å². The molecule has 0 saturated heterocycles. The Balaban J connectivity index is 4.34. The first kappa shape index (κ1) is 39.9. The average Bonchev–Trinajstić information content (AvgIpc) is 2.95. The number of rotatable bonds is 31. The van der Waals surface area contributed by atoms with Crippen molar-refractivity contribution in [2.24, 2.45) is 5.92 Å². The first-order valence-electron chi connectivity index (χ1n) is 17.9. The van der Waals surface area contributed by atoms with Gasteiger partial charge in [0.05, 0.1) is 0 Å². The van der Waals surface area contributed by atoms with E-state index in [4.69, 9.17) is 9.47 Å². The largest absolute Gasteiger partial charge is 0.462 e. The van der Waals surface area contributed by atoms with Crippen molar-refractivity contribution in [3.05, 3.63) is 0 Å². The van der Waals surface area contributed by atoms with Gasteiger partial charge in [-0.25, -0.2) is 0 Å². The molecule has 0 saturated carbocycles. The third kappa shape index (κ3) is 27.5. The van der Waals surface area contributed by atoms with Crippen LogP contribution in [0.5, 0.6) is 0 Å². The van der Waals surface area contributed by atoms with E-state index in [1.165, 1.54) is 89.9 Å². The number of unbranched alkanes of at least 4 members (excludes halogenated alkanes) is 17. The smallest absolute Gasteiger partial charge is 0.306 e. The summed E-state index contributed by atoms with van der Waals surface area (Å²) in [5.74, 6) is -0.0198. The second kappa shape index (κ2) is 30.4. The van der Waals surface area contributed by atoms with Crippen LogP contribution >= 0.6 is 0 Å². The maximum Gasteiger partial charge on any atom is 0.306 e. The van der Waals surface area contributed by atoms with Crippen LogP contribution in [0.4, 0.5) is 0 Å². The summed E-state index contributed by atoms with van der Waals surface area (Å²) in [6.45, 7) is 7.87. The number of ether oxygens (including phenoxy) is 2. The zero-order chi connectivity index (χ0) is 30.4. The van der Waals surface area contributed by atoms with Crippen LogP contribution in [0.15, 0.2) is 0 Å². The maximum atomic E-state index is 12.7. The van der Waals surface area contributed by atoms with E-state index < -0.39 is 0 Å². The lowest BCUT2D eigenvalue weighted by Gasteiger charge is -2.27. The van der Waals surface area contributed by atoms with E-state index >= 15 is 0 Å². The molecule has 5 nitrogen and oxygen atoms in total. The molecule has 0 heterocycles. The SMILES string of the molecule is CCCCCCCCCCCCCCCCC(=O)OCC(OC(=O)CCCCN(C)C)C(CCCC)CCCCC. The molecule has 41 heavy (non-hydrogen) atoms. The zero-order valence-electron chi connectivity index (χ0n) is 28.3. The summed E-state index contributed by atoms with van der Waals surface area (Å²) in [4.78, 5) is 27.4. The fourth-order valence-electron chi connectivity index (χ4n) is 5.54. The number of carbonyl (C=O) groups excluding carboxylic acids is 2. The van der Waals surface area contributed by atoms with Crippen molar-refractivity contribution in [1.29, 1.82) is 0 Å². The minimum atomic E-state index is -0.319. The highest BCUT2D eigenvalue weighted by atomic mass is 16.6. The lowest BCUT2D eigenvalue weighted by Crippen LogP contribution is -2.33. The van der Waals surface area contributed by atoms with Crippen molar-refractivity contribution < 1.29 is 19.1 Å². The maximum absolute atomic E-state index is 12.7. The highest BCUT2D eigenvalue weighted by Crippen LogP contribution is 2.24. The van der Waals surface area contributed by atoms with Gasteiger partial charge in [0.25, 0.3) is 0 Å². The highest BCUT2D eigenvalue weighted by molar-refractivity contribution is 5.70. The van der Waals surface area contributed by atoms with Crippen LogP contribution in [0.25, 0.3) is 0 Å². The molecule has 0 fully saturated rings. The van der Waals surface area contributed by atoms with E-state index in [0.717, 1.165) is 64.3 Å². The molecular formula is C36H71NO4. The molecule has 0 rings (SSSR count). The lowest BCUT2D eigenvalue weighted by molar-refractivity contribution is -0.163. The van der Waals surface area contributed by atoms with Gasteiger partial charge in [0.15, 0.2) is 0 Å². The Hall–Kier alpha value is -1.10. The first-order chi connectivity index (χ1) is 19.9. The molecule has 0 amide bonds. The third-order valence-electron chi connectivity index (χ3n) is 8.29. The van der Waals surface area contributed by atoms with Gasteiger partial charge in [-0.1, -0.05) is 136 Å². The molecule has 0 aromatic rings. The van der Waals surface area contributed by atoms with Crippen LogP contribution in [0, 0.1) is 5.92 Å². The summed E-state index contributed by atoms with van der Waals surface area (Å²) >= 11 is 0. The van der Waals surface area contributed by atoms with Gasteiger partial charge in [-0.05, 0) is 58.7 Å². The second-order valence-corrected chi connectivity index (χ2v) is 12.7. The summed E-state index contributed by atoms with van der Waals surface area (Å²) in [5, 5.41) is 0. The number of esters is 2. The van der Waals surface area contributed by atoms with Crippen molar-refractivity contribution in [3.63, 3.8) is 0 Å². The molecule has 0 aromatic carbocycles. The van der Waals surface area contributed by atoms with Gasteiger partial charge >= 0.3 is 11.9 Å². The average molecular weight is 582 g/mol. The highest BCUT2D eigenvalue weighted by Gasteiger charge is 2.26. The summed E-state index contributed by atoms with van der Waals surface area (Å²) in [7, 11) is 4.10. The van der Waals surface area contributed by atoms with Crippen LogP contribution in [0.2, 0.25) is 0 Å². The van der Waals surface area contributed by atoms with E-state index in [2.05, 4.69) is 39.8 Å². The molecule has 0 radical (unpaired) electrons. The number of carbonyl (C=O) groups is 2. The molecule has 0 aromatic heterocycles. The standard InChI is InChI=1S/C36H71NO4/c1-6-9-12-13-14-15-16-17-18-19-20-21-22-24-29-35(38)40-32-34(33(27-11-8-3)28-23-10-7-2)41-36(39)30-25-26-31-37(4)5/h33-34H,6-32H2,1-5H3. The number of hydrogen-bond donors (Lipinski definition) is 0. The number of nitrogens with zero attached hydrogens (tertiary/aromatic N) is 1. The van der Waals surface area contributed by atoms with Crippen molar-refractivity contribution in [2.75, 3.05) is 27.2 Å². The molecule has 5 heteroatoms. The molecule has 0 aliphatic carbocycles.